The Morgan fingerprint density at radius 3 is 2.18 bits per heavy atom. The minimum absolute atomic E-state index is 0.0309. The highest BCUT2D eigenvalue weighted by atomic mass is 16.6. The van der Waals surface area contributed by atoms with E-state index < -0.39 is 17.6 Å². The molecule has 5 rings (SSSR count). The lowest BCUT2D eigenvalue weighted by molar-refractivity contribution is -0.118. The summed E-state index contributed by atoms with van der Waals surface area (Å²) in [5, 5.41) is 22.9. The maximum atomic E-state index is 13.2. The van der Waals surface area contributed by atoms with E-state index in [1.807, 2.05) is 6.92 Å². The number of fused-ring (bicyclic) bond motifs is 6. The summed E-state index contributed by atoms with van der Waals surface area (Å²) in [7, 11) is 0. The van der Waals surface area contributed by atoms with Gasteiger partial charge in [0.05, 0.1) is 11.6 Å². The van der Waals surface area contributed by atoms with Gasteiger partial charge in [-0.25, -0.2) is 4.79 Å². The average Bonchev–Trinajstić information content (AvgIpc) is 3.15. The first-order valence-electron chi connectivity index (χ1n) is 12.4. The highest BCUT2D eigenvalue weighted by molar-refractivity contribution is 6.01. The molecule has 0 aromatic heterocycles. The first-order valence-corrected chi connectivity index (χ1v) is 12.4. The third-order valence-corrected chi connectivity index (χ3v) is 7.14. The topological polar surface area (TPSA) is 148 Å². The summed E-state index contributed by atoms with van der Waals surface area (Å²) in [5.74, 6) is -0.362. The highest BCUT2D eigenvalue weighted by Gasteiger charge is 2.53. The third-order valence-electron chi connectivity index (χ3n) is 7.14. The van der Waals surface area contributed by atoms with Gasteiger partial charge in [-0.1, -0.05) is 13.0 Å². The zero-order valence-electron chi connectivity index (χ0n) is 21.0. The standard InChI is InChI=1S/C29H28N2O7/c1-15(11-24(30)16(2)32)9-10-31-27(35)17-3-6-21-20(12-17)28(36)38-29(21)22-7-4-18(33)13-25(22)37-26-14-19(34)5-8-23(26)29/h3-8,12-15,24,33-34H,9-11,30H2,1-2H3,(H,31,35)/t15?,24-/m0/s1. The Morgan fingerprint density at radius 1 is 0.974 bits per heavy atom. The van der Waals surface area contributed by atoms with Crippen LogP contribution in [0.25, 0.3) is 0 Å². The molecule has 1 amide bonds. The van der Waals surface area contributed by atoms with Crippen molar-refractivity contribution in [2.45, 2.75) is 38.3 Å². The van der Waals surface area contributed by atoms with Crippen LogP contribution < -0.4 is 15.8 Å². The fourth-order valence-corrected chi connectivity index (χ4v) is 5.10. The van der Waals surface area contributed by atoms with Gasteiger partial charge in [0.2, 0.25) is 0 Å². The molecule has 1 spiro atoms. The Balaban J connectivity index is 1.44. The number of amides is 1. The molecule has 0 fully saturated rings. The Kier molecular flexibility index (Phi) is 6.32. The van der Waals surface area contributed by atoms with Crippen LogP contribution in [-0.2, 0) is 15.1 Å². The minimum Gasteiger partial charge on any atom is -0.508 e. The van der Waals surface area contributed by atoms with Crippen molar-refractivity contribution in [3.63, 3.8) is 0 Å². The lowest BCUT2D eigenvalue weighted by atomic mass is 9.77. The maximum Gasteiger partial charge on any atom is 0.340 e. The Labute approximate surface area is 219 Å². The molecule has 0 bridgehead atoms. The van der Waals surface area contributed by atoms with Crippen LogP contribution in [0.2, 0.25) is 0 Å². The molecule has 2 aliphatic heterocycles. The van der Waals surface area contributed by atoms with Gasteiger partial charge in [-0.3, -0.25) is 9.59 Å². The van der Waals surface area contributed by atoms with Crippen LogP contribution in [0.5, 0.6) is 23.0 Å². The monoisotopic (exact) mass is 516 g/mol. The SMILES string of the molecule is CC(=O)[C@@H](N)CC(C)CCNC(=O)c1ccc2c(c1)C(=O)OC21c2ccc(O)cc2Oc2cc(O)ccc21. The lowest BCUT2D eigenvalue weighted by Gasteiger charge is -2.36. The summed E-state index contributed by atoms with van der Waals surface area (Å²) >= 11 is 0. The Hall–Kier alpha value is -4.37. The molecule has 5 N–H and O–H groups in total. The van der Waals surface area contributed by atoms with Gasteiger partial charge in [-0.15, -0.1) is 0 Å². The summed E-state index contributed by atoms with van der Waals surface area (Å²) in [6.07, 6.45) is 1.19. The zero-order chi connectivity index (χ0) is 27.2. The second kappa shape index (κ2) is 9.50. The molecule has 2 heterocycles. The molecule has 2 atom stereocenters. The molecule has 1 unspecified atom stereocenters. The van der Waals surface area contributed by atoms with E-state index in [0.29, 0.717) is 41.6 Å². The molecule has 0 saturated carbocycles. The van der Waals surface area contributed by atoms with Crippen molar-refractivity contribution in [2.75, 3.05) is 6.54 Å². The molecule has 0 saturated heterocycles. The predicted molar refractivity (Wildman–Crippen MR) is 137 cm³/mol. The summed E-state index contributed by atoms with van der Waals surface area (Å²) in [6.45, 7) is 3.83. The van der Waals surface area contributed by atoms with E-state index >= 15 is 0 Å². The van der Waals surface area contributed by atoms with Crippen LogP contribution in [0, 0.1) is 5.92 Å². The van der Waals surface area contributed by atoms with Crippen molar-refractivity contribution >= 4 is 17.7 Å². The fourth-order valence-electron chi connectivity index (χ4n) is 5.10. The first kappa shape index (κ1) is 25.3. The normalized spacial score (nSPS) is 15.9. The molecule has 38 heavy (non-hydrogen) atoms. The number of phenolic OH excluding ortho intramolecular Hbond substituents is 2. The van der Waals surface area contributed by atoms with Crippen LogP contribution in [0.1, 0.15) is 64.1 Å². The van der Waals surface area contributed by atoms with Gasteiger partial charge in [0.15, 0.2) is 5.60 Å². The van der Waals surface area contributed by atoms with Crippen molar-refractivity contribution in [3.8, 4) is 23.0 Å². The summed E-state index contributed by atoms with van der Waals surface area (Å²) in [6, 6.07) is 13.4. The number of benzene rings is 3. The van der Waals surface area contributed by atoms with E-state index in [1.165, 1.54) is 37.3 Å². The maximum absolute atomic E-state index is 13.2. The van der Waals surface area contributed by atoms with Gasteiger partial charge in [-0.05, 0) is 62.1 Å². The number of hydrogen-bond donors (Lipinski definition) is 4. The van der Waals surface area contributed by atoms with E-state index in [4.69, 9.17) is 15.2 Å². The van der Waals surface area contributed by atoms with Gasteiger partial charge in [0, 0.05) is 40.9 Å². The third kappa shape index (κ3) is 4.24. The molecule has 0 aliphatic carbocycles. The molecule has 0 radical (unpaired) electrons. The minimum atomic E-state index is -1.38. The zero-order valence-corrected chi connectivity index (χ0v) is 21.0. The fraction of sp³-hybridized carbons (Fsp3) is 0.276. The van der Waals surface area contributed by atoms with Gasteiger partial charge in [0.25, 0.3) is 5.91 Å². The van der Waals surface area contributed by atoms with E-state index in [2.05, 4.69) is 5.32 Å². The number of carbonyl (C=O) groups is 3. The molecule has 2 aliphatic rings. The van der Waals surface area contributed by atoms with Gasteiger partial charge in [0.1, 0.15) is 28.8 Å². The molecule has 3 aromatic carbocycles. The number of esters is 1. The van der Waals surface area contributed by atoms with Gasteiger partial charge in [-0.2, -0.15) is 0 Å². The Morgan fingerprint density at radius 2 is 1.58 bits per heavy atom. The second-order valence-corrected chi connectivity index (χ2v) is 9.90. The quantitative estimate of drug-likeness (QED) is 0.347. The van der Waals surface area contributed by atoms with Crippen LogP contribution in [0.4, 0.5) is 0 Å². The average molecular weight is 517 g/mol. The molecule has 9 heteroatoms. The van der Waals surface area contributed by atoms with Crippen LogP contribution in [-0.4, -0.2) is 40.5 Å². The smallest absolute Gasteiger partial charge is 0.340 e. The second-order valence-electron chi connectivity index (χ2n) is 9.90. The molecular formula is C29H28N2O7. The van der Waals surface area contributed by atoms with Crippen molar-refractivity contribution in [3.05, 3.63) is 82.4 Å². The number of aromatic hydroxyl groups is 2. The molecule has 196 valence electrons. The number of phenols is 2. The molecule has 9 nitrogen and oxygen atoms in total. The molecule has 3 aromatic rings. The lowest BCUT2D eigenvalue weighted by Crippen LogP contribution is -2.33. The van der Waals surface area contributed by atoms with Crippen molar-refractivity contribution in [2.24, 2.45) is 11.7 Å². The largest absolute Gasteiger partial charge is 0.508 e. The summed E-state index contributed by atoms with van der Waals surface area (Å²) in [5.41, 5.74) is 6.52. The number of nitrogens with one attached hydrogen (secondary N) is 1. The number of rotatable bonds is 7. The van der Waals surface area contributed by atoms with E-state index in [-0.39, 0.29) is 46.2 Å². The van der Waals surface area contributed by atoms with Crippen LogP contribution in [0.15, 0.2) is 54.6 Å². The predicted octanol–water partition coefficient (Wildman–Crippen LogP) is 3.73. The van der Waals surface area contributed by atoms with Crippen LogP contribution in [0.3, 0.4) is 0 Å². The van der Waals surface area contributed by atoms with Gasteiger partial charge < -0.3 is 30.7 Å². The number of ether oxygens (including phenoxy) is 2. The number of ketones is 1. The van der Waals surface area contributed by atoms with Crippen molar-refractivity contribution in [1.82, 2.24) is 5.32 Å². The number of nitrogens with two attached hydrogens (primary N) is 1. The number of carbonyl (C=O) groups excluding carboxylic acids is 3. The van der Waals surface area contributed by atoms with Crippen LogP contribution >= 0.6 is 0 Å². The first-order chi connectivity index (χ1) is 18.1. The van der Waals surface area contributed by atoms with Gasteiger partial charge >= 0.3 is 5.97 Å². The highest BCUT2D eigenvalue weighted by Crippen LogP contribution is 2.57. The molecular weight excluding hydrogens is 488 g/mol. The van der Waals surface area contributed by atoms with E-state index in [0.717, 1.165) is 0 Å². The number of Topliss-reactive ketones (excluding diaryl/α,β-unsaturated/α-hetero) is 1. The Bertz CT molecular complexity index is 1410. The van der Waals surface area contributed by atoms with E-state index in [1.54, 1.807) is 24.3 Å². The summed E-state index contributed by atoms with van der Waals surface area (Å²) in [4.78, 5) is 37.5. The summed E-state index contributed by atoms with van der Waals surface area (Å²) < 4.78 is 12.0. The van der Waals surface area contributed by atoms with Crippen molar-refractivity contribution in [1.29, 1.82) is 0 Å². The van der Waals surface area contributed by atoms with E-state index in [9.17, 15) is 24.6 Å². The van der Waals surface area contributed by atoms with Crippen molar-refractivity contribution < 1.29 is 34.1 Å². The number of hydrogen-bond acceptors (Lipinski definition) is 8.